The van der Waals surface area contributed by atoms with Gasteiger partial charge < -0.3 is 16.0 Å². The van der Waals surface area contributed by atoms with E-state index in [2.05, 4.69) is 20.9 Å². The number of aromatic nitrogens is 1. The van der Waals surface area contributed by atoms with Crippen LogP contribution in [-0.2, 0) is 4.79 Å². The zero-order valence-electron chi connectivity index (χ0n) is 14.3. The lowest BCUT2D eigenvalue weighted by Crippen LogP contribution is -2.31. The number of hydrogen-bond donors (Lipinski definition) is 3. The lowest BCUT2D eigenvalue weighted by molar-refractivity contribution is -0.114. The van der Waals surface area contributed by atoms with Gasteiger partial charge >= 0.3 is 0 Å². The third-order valence-electron chi connectivity index (χ3n) is 3.14. The molecule has 3 amide bonds. The summed E-state index contributed by atoms with van der Waals surface area (Å²) in [5.41, 5.74) is 1.73. The maximum absolute atomic E-state index is 12.3. The van der Waals surface area contributed by atoms with Crippen LogP contribution in [0, 0.1) is 0 Å². The molecule has 130 valence electrons. The third-order valence-corrected chi connectivity index (χ3v) is 3.14. The van der Waals surface area contributed by atoms with Crippen LogP contribution in [0.3, 0.4) is 0 Å². The van der Waals surface area contributed by atoms with Crippen LogP contribution in [0.4, 0.5) is 11.4 Å². The lowest BCUT2D eigenvalue weighted by atomic mass is 10.2. The Morgan fingerprint density at radius 1 is 0.920 bits per heavy atom. The summed E-state index contributed by atoms with van der Waals surface area (Å²) in [5, 5.41) is 8.11. The zero-order chi connectivity index (χ0) is 18.4. The van der Waals surface area contributed by atoms with Crippen LogP contribution in [0.2, 0.25) is 0 Å². The predicted octanol–water partition coefficient (Wildman–Crippen LogP) is 2.43. The molecule has 0 saturated heterocycles. The molecular formula is C18H20N4O3. The van der Waals surface area contributed by atoms with Crippen molar-refractivity contribution in [2.24, 2.45) is 0 Å². The highest BCUT2D eigenvalue weighted by atomic mass is 16.2. The van der Waals surface area contributed by atoms with Gasteiger partial charge in [-0.2, -0.15) is 0 Å². The normalized spacial score (nSPS) is 10.2. The van der Waals surface area contributed by atoms with Gasteiger partial charge in [-0.25, -0.2) is 0 Å². The van der Waals surface area contributed by atoms with Crippen LogP contribution in [0.1, 0.15) is 41.6 Å². The zero-order valence-corrected chi connectivity index (χ0v) is 14.3. The molecule has 0 bridgehead atoms. The summed E-state index contributed by atoms with van der Waals surface area (Å²) in [6.45, 7) is 5.12. The molecule has 1 aromatic carbocycles. The topological polar surface area (TPSA) is 100 Å². The minimum absolute atomic E-state index is 0.0195. The van der Waals surface area contributed by atoms with E-state index in [0.29, 0.717) is 16.9 Å². The third kappa shape index (κ3) is 5.42. The summed E-state index contributed by atoms with van der Waals surface area (Å²) in [4.78, 5) is 39.3. The summed E-state index contributed by atoms with van der Waals surface area (Å²) >= 11 is 0. The van der Waals surface area contributed by atoms with Crippen molar-refractivity contribution in [2.45, 2.75) is 26.8 Å². The number of nitrogens with zero attached hydrogens (tertiary/aromatic N) is 1. The van der Waals surface area contributed by atoms with E-state index in [-0.39, 0.29) is 29.5 Å². The smallest absolute Gasteiger partial charge is 0.270 e. The highest BCUT2D eigenvalue weighted by molar-refractivity contribution is 6.05. The van der Waals surface area contributed by atoms with Crippen molar-refractivity contribution in [1.82, 2.24) is 10.3 Å². The van der Waals surface area contributed by atoms with E-state index in [0.717, 1.165) is 0 Å². The molecule has 0 aliphatic carbocycles. The van der Waals surface area contributed by atoms with E-state index in [1.165, 1.54) is 25.3 Å². The SMILES string of the molecule is CC(=O)Nc1ccc(NC(=O)c2ccnc(C(=O)NC(C)C)c2)cc1. The van der Waals surface area contributed by atoms with Crippen molar-refractivity contribution in [3.05, 3.63) is 53.9 Å². The molecule has 0 aliphatic rings. The molecule has 25 heavy (non-hydrogen) atoms. The molecule has 0 fully saturated rings. The number of carbonyl (C=O) groups excluding carboxylic acids is 3. The van der Waals surface area contributed by atoms with Crippen LogP contribution >= 0.6 is 0 Å². The Labute approximate surface area is 145 Å². The van der Waals surface area contributed by atoms with Crippen molar-refractivity contribution in [3.8, 4) is 0 Å². The van der Waals surface area contributed by atoms with Crippen LogP contribution < -0.4 is 16.0 Å². The Kier molecular flexibility index (Phi) is 5.84. The van der Waals surface area contributed by atoms with E-state index in [4.69, 9.17) is 0 Å². The van der Waals surface area contributed by atoms with Gasteiger partial charge in [0, 0.05) is 36.1 Å². The van der Waals surface area contributed by atoms with Crippen molar-refractivity contribution in [2.75, 3.05) is 10.6 Å². The molecule has 0 spiro atoms. The number of nitrogens with one attached hydrogen (secondary N) is 3. The van der Waals surface area contributed by atoms with Crippen molar-refractivity contribution in [1.29, 1.82) is 0 Å². The van der Waals surface area contributed by atoms with Gasteiger partial charge in [0.05, 0.1) is 0 Å². The highest BCUT2D eigenvalue weighted by Crippen LogP contribution is 2.15. The van der Waals surface area contributed by atoms with Crippen LogP contribution in [0.5, 0.6) is 0 Å². The fourth-order valence-electron chi connectivity index (χ4n) is 2.08. The Hall–Kier alpha value is -3.22. The van der Waals surface area contributed by atoms with Gasteiger partial charge in [0.25, 0.3) is 11.8 Å². The van der Waals surface area contributed by atoms with Gasteiger partial charge in [-0.3, -0.25) is 19.4 Å². The first-order chi connectivity index (χ1) is 11.8. The number of amides is 3. The first-order valence-electron chi connectivity index (χ1n) is 7.81. The predicted molar refractivity (Wildman–Crippen MR) is 95.5 cm³/mol. The summed E-state index contributed by atoms with van der Waals surface area (Å²) in [6, 6.07) is 9.68. The summed E-state index contributed by atoms with van der Waals surface area (Å²) in [5.74, 6) is -0.849. The minimum atomic E-state index is -0.353. The van der Waals surface area contributed by atoms with Gasteiger partial charge in [-0.05, 0) is 50.2 Å². The molecule has 2 rings (SSSR count). The molecule has 0 saturated carbocycles. The molecule has 1 aromatic heterocycles. The average molecular weight is 340 g/mol. The number of hydrogen-bond acceptors (Lipinski definition) is 4. The highest BCUT2D eigenvalue weighted by Gasteiger charge is 2.12. The van der Waals surface area contributed by atoms with Crippen LogP contribution in [0.25, 0.3) is 0 Å². The quantitative estimate of drug-likeness (QED) is 0.778. The monoisotopic (exact) mass is 340 g/mol. The molecule has 2 aromatic rings. The van der Waals surface area contributed by atoms with Gasteiger partial charge in [-0.1, -0.05) is 0 Å². The Balaban J connectivity index is 2.08. The Bertz CT molecular complexity index is 785. The molecule has 3 N–H and O–H groups in total. The molecule has 7 heteroatoms. The Morgan fingerprint density at radius 2 is 1.52 bits per heavy atom. The van der Waals surface area contributed by atoms with Gasteiger partial charge in [0.15, 0.2) is 0 Å². The van der Waals surface area contributed by atoms with Crippen molar-refractivity contribution >= 4 is 29.1 Å². The molecule has 0 radical (unpaired) electrons. The molecule has 7 nitrogen and oxygen atoms in total. The van der Waals surface area contributed by atoms with Crippen molar-refractivity contribution in [3.63, 3.8) is 0 Å². The first-order valence-corrected chi connectivity index (χ1v) is 7.81. The number of carbonyl (C=O) groups is 3. The molecular weight excluding hydrogens is 320 g/mol. The second-order valence-electron chi connectivity index (χ2n) is 5.77. The average Bonchev–Trinajstić information content (AvgIpc) is 2.55. The second-order valence-corrected chi connectivity index (χ2v) is 5.77. The van der Waals surface area contributed by atoms with E-state index < -0.39 is 0 Å². The van der Waals surface area contributed by atoms with E-state index in [9.17, 15) is 14.4 Å². The fraction of sp³-hybridized carbons (Fsp3) is 0.222. The number of anilines is 2. The number of pyridine rings is 1. The van der Waals surface area contributed by atoms with E-state index in [1.807, 2.05) is 13.8 Å². The summed E-state index contributed by atoms with van der Waals surface area (Å²) in [7, 11) is 0. The standard InChI is InChI=1S/C18H20N4O3/c1-11(2)20-18(25)16-10-13(8-9-19-16)17(24)22-15-6-4-14(5-7-15)21-12(3)23/h4-11H,1-3H3,(H,20,25)(H,21,23)(H,22,24). The summed E-state index contributed by atoms with van der Waals surface area (Å²) < 4.78 is 0. The van der Waals surface area contributed by atoms with Gasteiger partial charge in [0.1, 0.15) is 5.69 Å². The fourth-order valence-corrected chi connectivity index (χ4v) is 2.08. The van der Waals surface area contributed by atoms with E-state index >= 15 is 0 Å². The molecule has 1 heterocycles. The molecule has 0 atom stereocenters. The second kappa shape index (κ2) is 8.05. The molecule has 0 aliphatic heterocycles. The van der Waals surface area contributed by atoms with Crippen LogP contribution in [0.15, 0.2) is 42.6 Å². The largest absolute Gasteiger partial charge is 0.349 e. The van der Waals surface area contributed by atoms with Gasteiger partial charge in [-0.15, -0.1) is 0 Å². The minimum Gasteiger partial charge on any atom is -0.349 e. The maximum Gasteiger partial charge on any atom is 0.270 e. The number of benzene rings is 1. The Morgan fingerprint density at radius 3 is 2.08 bits per heavy atom. The van der Waals surface area contributed by atoms with Crippen molar-refractivity contribution < 1.29 is 14.4 Å². The lowest BCUT2D eigenvalue weighted by Gasteiger charge is -2.09. The first kappa shape index (κ1) is 18.1. The molecule has 0 unspecified atom stereocenters. The van der Waals surface area contributed by atoms with E-state index in [1.54, 1.807) is 24.3 Å². The number of rotatable bonds is 5. The van der Waals surface area contributed by atoms with Crippen LogP contribution in [-0.4, -0.2) is 28.7 Å². The van der Waals surface area contributed by atoms with Gasteiger partial charge in [0.2, 0.25) is 5.91 Å². The summed E-state index contributed by atoms with van der Waals surface area (Å²) in [6.07, 6.45) is 1.42. The maximum atomic E-state index is 12.3.